The minimum Gasteiger partial charge on any atom is -0.480 e. The van der Waals surface area contributed by atoms with Crippen LogP contribution in [-0.2, 0) is 62.9 Å². The molecule has 0 amide bonds. The number of rotatable bonds is 38. The number of aryl methyl sites for hydroxylation is 4. The smallest absolute Gasteiger partial charge is 0.326 e. The Hall–Kier alpha value is -16.8. The number of carboxylic acids is 2. The van der Waals surface area contributed by atoms with E-state index in [0.717, 1.165) is 12.1 Å². The van der Waals surface area contributed by atoms with Gasteiger partial charge in [0.25, 0.3) is 40.5 Å². The summed E-state index contributed by atoms with van der Waals surface area (Å²) >= 11 is 0. The van der Waals surface area contributed by atoms with Crippen LogP contribution in [0.25, 0.3) is 0 Å². The largest absolute Gasteiger partial charge is 0.480 e. The Labute approximate surface area is 781 Å². The van der Waals surface area contributed by atoms with Crippen molar-refractivity contribution in [1.29, 1.82) is 0 Å². The van der Waals surface area contributed by atoms with Crippen LogP contribution in [0.3, 0.4) is 0 Å². The lowest BCUT2D eigenvalue weighted by atomic mass is 10.1. The van der Waals surface area contributed by atoms with Gasteiger partial charge in [0.15, 0.2) is 0 Å². The van der Waals surface area contributed by atoms with Crippen LogP contribution in [0.1, 0.15) is 64.3 Å². The summed E-state index contributed by atoms with van der Waals surface area (Å²) in [5, 5.41) is 102. The van der Waals surface area contributed by atoms with Crippen molar-refractivity contribution in [3.8, 4) is 0 Å². The van der Waals surface area contributed by atoms with E-state index in [1.165, 1.54) is 72.8 Å². The number of aromatic nitrogens is 6. The van der Waals surface area contributed by atoms with Crippen molar-refractivity contribution in [3.63, 3.8) is 0 Å². The summed E-state index contributed by atoms with van der Waals surface area (Å²) < 4.78 is 136. The first kappa shape index (κ1) is 96.3. The maximum Gasteiger partial charge on any atom is 0.326 e. The molecule has 0 radical (unpaired) electrons. The van der Waals surface area contributed by atoms with Gasteiger partial charge in [0.05, 0.1) is 89.4 Å². The Morgan fingerprint density at radius 2 is 0.555 bits per heavy atom. The summed E-state index contributed by atoms with van der Waals surface area (Å²) in [5.74, 6) is -2.87. The second-order valence-corrected chi connectivity index (χ2v) is 35.8. The molecule has 0 aliphatic heterocycles. The Morgan fingerprint density at radius 3 is 0.876 bits per heavy atom. The molecule has 0 saturated carbocycles. The fraction of sp³-hybridized carbons (Fsp3) is 0.121. The quantitative estimate of drug-likeness (QED) is 0.0127. The van der Waals surface area contributed by atoms with Crippen LogP contribution in [0.2, 0.25) is 0 Å². The van der Waals surface area contributed by atoms with E-state index in [1.807, 2.05) is 13.0 Å². The van der Waals surface area contributed by atoms with Gasteiger partial charge in [-0.1, -0.05) is 60.7 Å². The highest BCUT2D eigenvalue weighted by molar-refractivity contribution is 7.86. The number of carboxylic acid groups (broad SMARTS) is 2. The van der Waals surface area contributed by atoms with Crippen LogP contribution >= 0.6 is 0 Å². The third-order valence-electron chi connectivity index (χ3n) is 19.8. The van der Waals surface area contributed by atoms with E-state index in [0.29, 0.717) is 107 Å². The van der Waals surface area contributed by atoms with Gasteiger partial charge in [0, 0.05) is 24.2 Å². The highest BCUT2D eigenvalue weighted by Gasteiger charge is 2.26. The molecule has 2 atom stereocenters. The van der Waals surface area contributed by atoms with E-state index >= 15 is 0 Å². The standard InChI is InChI=1S/C91H78N26O16S4/c1-54-46-58(18-40-74(54)112-108-64-24-20-62(21-25-64)104-106-66-28-36-72(37-29-66)134(122,123)124)50-84-96-85(51-59-19-41-75(55(2)47-59)114-116-78-44-34-70(52-82(78)136(128,129)130)110-102-60-12-7-5-8-13-60)98-90(97-84)94-80(86(118)119)16-11-17-81(87(120)121)95-91-100-88(92-68-32-42-76(56(3)48-68)113-109-65-26-22-63(23-27-65)105-107-67-30-38-73(39-31-67)135(125,126)127)99-89(101-91)93-69-33-43-77(57(4)49-69)115-117-79-45-35-71(53-83(79)137(131,132)133)111-103-61-14-9-6-10-15-61/h5-10,12-15,18-49,52-53,80-81H,11,16-17,50-51H2,1-4H3,(H,118,119)(H,120,121)(H,122,123,124)(H,125,126,127)(H,128,129,130)(H,131,132,133)(H,94,96,97,98)(H3,92,93,95,99,100,101). The lowest BCUT2D eigenvalue weighted by molar-refractivity contribution is -0.138. The minimum absolute atomic E-state index is 0.0483. The maximum atomic E-state index is 13.4. The zero-order chi connectivity index (χ0) is 97.0. The molecule has 10 N–H and O–H groups in total. The van der Waals surface area contributed by atoms with Crippen LogP contribution in [0.15, 0.2) is 368 Å². The lowest BCUT2D eigenvalue weighted by Gasteiger charge is -2.19. The molecular weight excluding hydrogens is 1840 g/mol. The summed E-state index contributed by atoms with van der Waals surface area (Å²) in [6.45, 7) is 7.05. The van der Waals surface area contributed by atoms with Gasteiger partial charge in [0.2, 0.25) is 23.8 Å². The van der Waals surface area contributed by atoms with Gasteiger partial charge in [-0.25, -0.2) is 14.6 Å². The first-order chi connectivity index (χ1) is 65.5. The second kappa shape index (κ2) is 43.3. The van der Waals surface area contributed by atoms with E-state index in [9.17, 15) is 71.7 Å². The number of anilines is 6. The van der Waals surface area contributed by atoms with Gasteiger partial charge in [-0.15, -0.1) is 10.2 Å². The van der Waals surface area contributed by atoms with Gasteiger partial charge in [-0.2, -0.15) is 130 Å². The van der Waals surface area contributed by atoms with Crippen LogP contribution in [-0.4, -0.2) is 116 Å². The molecule has 0 aliphatic carbocycles. The van der Waals surface area contributed by atoms with Crippen molar-refractivity contribution in [2.24, 2.45) is 81.8 Å². The Bertz CT molecular complexity index is 7180. The normalized spacial score (nSPS) is 12.7. The molecule has 0 fully saturated rings. The predicted molar refractivity (Wildman–Crippen MR) is 505 cm³/mol. The molecule has 2 aromatic heterocycles. The number of carbonyl (C=O) groups is 2. The number of aliphatic carboxylic acids is 2. The van der Waals surface area contributed by atoms with Crippen LogP contribution in [0.5, 0.6) is 0 Å². The van der Waals surface area contributed by atoms with Gasteiger partial charge in [-0.05, 0) is 287 Å². The van der Waals surface area contributed by atoms with Crippen molar-refractivity contribution in [2.75, 3.05) is 21.3 Å². The summed E-state index contributed by atoms with van der Waals surface area (Å²) in [4.78, 5) is 53.2. The molecule has 137 heavy (non-hydrogen) atoms. The number of benzene rings is 12. The Morgan fingerprint density at radius 1 is 0.285 bits per heavy atom. The molecule has 0 bridgehead atoms. The molecule has 0 spiro atoms. The van der Waals surface area contributed by atoms with Crippen molar-refractivity contribution in [1.82, 2.24) is 29.9 Å². The van der Waals surface area contributed by atoms with Gasteiger partial charge < -0.3 is 31.5 Å². The number of nitrogens with one attached hydrogen (secondary N) is 4. The molecule has 14 aromatic rings. The van der Waals surface area contributed by atoms with Crippen LogP contribution < -0.4 is 21.3 Å². The van der Waals surface area contributed by atoms with Crippen molar-refractivity contribution >= 4 is 179 Å². The van der Waals surface area contributed by atoms with E-state index in [4.69, 9.17) is 15.0 Å². The molecular formula is C91H78N26O16S4. The maximum absolute atomic E-state index is 13.4. The Balaban J connectivity index is 0.699. The highest BCUT2D eigenvalue weighted by Crippen LogP contribution is 2.38. The SMILES string of the molecule is Cc1cc(Cc2nc(Cc3ccc(N=Nc4ccc(N=Nc5ccccc5)cc4S(=O)(=O)O)c(C)c3)nc(NC(CCCC(Nc3nc(Nc4ccc(N=Nc5ccc(N=Nc6ccc(S(=O)(=O)O)cc6)cc5)c(C)c4)nc(Nc4ccc(N=Nc5ccc(N=Nc6ccccc6)cc5S(=O)(=O)O)c(C)c4)n3)C(=O)O)C(=O)O)n2)ccc1N=Nc1ccc(N=Nc2ccc(S(=O)(=O)O)cc2)cc1. The summed E-state index contributed by atoms with van der Waals surface area (Å²) in [5.41, 5.74) is 9.60. The first-order valence-corrected chi connectivity index (χ1v) is 46.8. The topological polar surface area (TPSA) is 615 Å². The fourth-order valence-electron chi connectivity index (χ4n) is 12.9. The molecule has 692 valence electrons. The first-order valence-electron chi connectivity index (χ1n) is 41.0. The zero-order valence-corrected chi connectivity index (χ0v) is 75.6. The van der Waals surface area contributed by atoms with E-state index < -0.39 is 74.3 Å². The molecule has 0 saturated heterocycles. The average Bonchev–Trinajstić information content (AvgIpc) is 0.817. The molecule has 2 heterocycles. The van der Waals surface area contributed by atoms with Crippen molar-refractivity contribution in [2.45, 2.75) is 91.5 Å². The van der Waals surface area contributed by atoms with Crippen molar-refractivity contribution in [3.05, 3.63) is 312 Å². The summed E-state index contributed by atoms with van der Waals surface area (Å²) in [6.07, 6.45) is -0.313. The molecule has 0 aliphatic rings. The summed E-state index contributed by atoms with van der Waals surface area (Å²) in [6, 6.07) is 66.3. The van der Waals surface area contributed by atoms with E-state index in [2.05, 4.69) is 118 Å². The van der Waals surface area contributed by atoms with Gasteiger partial charge in [0.1, 0.15) is 44.9 Å². The molecule has 12 aromatic carbocycles. The molecule has 2 unspecified atom stereocenters. The average molecular weight is 1920 g/mol. The fourth-order valence-corrected chi connectivity index (χ4v) is 15.2. The van der Waals surface area contributed by atoms with E-state index in [-0.39, 0.29) is 106 Å². The van der Waals surface area contributed by atoms with E-state index in [1.54, 1.807) is 197 Å². The molecule has 42 nitrogen and oxygen atoms in total. The Kier molecular flexibility index (Phi) is 30.4. The van der Waals surface area contributed by atoms with Crippen molar-refractivity contribution < 1.29 is 71.7 Å². The monoisotopic (exact) mass is 1920 g/mol. The van der Waals surface area contributed by atoms with Crippen LogP contribution in [0.4, 0.5) is 126 Å². The lowest BCUT2D eigenvalue weighted by Crippen LogP contribution is -2.33. The predicted octanol–water partition coefficient (Wildman–Crippen LogP) is 23.9. The zero-order valence-electron chi connectivity index (χ0n) is 72.3. The third kappa shape index (κ3) is 27.7. The number of azo groups is 8. The molecule has 14 rings (SSSR count). The highest BCUT2D eigenvalue weighted by atomic mass is 32.2. The number of hydrogen-bond donors (Lipinski definition) is 10. The number of hydrogen-bond acceptors (Lipinski definition) is 36. The van der Waals surface area contributed by atoms with Gasteiger partial charge >= 0.3 is 11.9 Å². The van der Waals surface area contributed by atoms with Gasteiger partial charge in [-0.3, -0.25) is 18.2 Å². The third-order valence-corrected chi connectivity index (χ3v) is 23.3. The minimum atomic E-state index is -4.85. The summed E-state index contributed by atoms with van der Waals surface area (Å²) in [7, 11) is -18.5. The number of nitrogens with zero attached hydrogens (tertiary/aromatic N) is 22. The second-order valence-electron chi connectivity index (χ2n) is 30.1. The van der Waals surface area contributed by atoms with Crippen LogP contribution in [0, 0.1) is 27.7 Å². The molecule has 46 heteroatoms.